The third-order valence-electron chi connectivity index (χ3n) is 2.24. The van der Waals surface area contributed by atoms with Crippen LogP contribution < -0.4 is 5.56 Å². The summed E-state index contributed by atoms with van der Waals surface area (Å²) in [6.07, 6.45) is 1.65. The second-order valence-corrected chi connectivity index (χ2v) is 6.44. The average Bonchev–Trinajstić information content (AvgIpc) is 2.35. The number of aromatic amines is 1. The average molecular weight is 501 g/mol. The molecule has 19 heavy (non-hydrogen) atoms. The van der Waals surface area contributed by atoms with Gasteiger partial charge in [0.25, 0.3) is 5.56 Å². The monoisotopic (exact) mass is 499 g/mol. The highest BCUT2D eigenvalue weighted by atomic mass is 127. The molecule has 5 nitrogen and oxygen atoms in total. The predicted molar refractivity (Wildman–Crippen MR) is 86.9 cm³/mol. The topological polar surface area (TPSA) is 67.9 Å². The van der Waals surface area contributed by atoms with Crippen LogP contribution in [0.1, 0.15) is 5.69 Å². The maximum Gasteiger partial charge on any atom is 0.265 e. The lowest BCUT2D eigenvalue weighted by Crippen LogP contribution is -2.17. The van der Waals surface area contributed by atoms with Crippen LogP contribution >= 0.6 is 54.5 Å². The number of hydrogen-bond acceptors (Lipinski definition) is 4. The molecule has 0 radical (unpaired) electrons. The first-order chi connectivity index (χ1) is 9.02. The number of aromatic nitrogens is 3. The van der Waals surface area contributed by atoms with Gasteiger partial charge in [0.05, 0.1) is 12.3 Å². The molecule has 2 aromatic heterocycles. The van der Waals surface area contributed by atoms with Gasteiger partial charge in [-0.1, -0.05) is 0 Å². The van der Waals surface area contributed by atoms with Crippen LogP contribution in [0.4, 0.5) is 0 Å². The first kappa shape index (κ1) is 15.1. The molecule has 0 aliphatic heterocycles. The molecule has 0 aromatic carbocycles. The van der Waals surface area contributed by atoms with Crippen LogP contribution in [-0.4, -0.2) is 22.1 Å². The van der Waals surface area contributed by atoms with Gasteiger partial charge >= 0.3 is 0 Å². The Kier molecular flexibility index (Phi) is 5.09. The highest BCUT2D eigenvalue weighted by Gasteiger charge is 2.13. The molecule has 0 amide bonds. The number of methoxy groups -OCH3 is 1. The van der Waals surface area contributed by atoms with Crippen LogP contribution in [0.3, 0.4) is 0 Å². The third-order valence-corrected chi connectivity index (χ3v) is 4.40. The van der Waals surface area contributed by atoms with Crippen molar-refractivity contribution in [1.82, 2.24) is 15.0 Å². The second-order valence-electron chi connectivity index (χ2n) is 3.59. The van der Waals surface area contributed by atoms with Crippen LogP contribution in [0.5, 0.6) is 0 Å². The molecule has 0 aliphatic carbocycles. The molecule has 0 spiro atoms. The molecule has 0 fully saturated rings. The van der Waals surface area contributed by atoms with E-state index in [1.54, 1.807) is 13.3 Å². The van der Waals surface area contributed by atoms with E-state index in [9.17, 15) is 4.79 Å². The Hall–Kier alpha value is -0.320. The van der Waals surface area contributed by atoms with Gasteiger partial charge in [-0.15, -0.1) is 0 Å². The first-order valence-corrected chi connectivity index (χ1v) is 7.78. The maximum atomic E-state index is 11.9. The van der Waals surface area contributed by atoms with E-state index in [-0.39, 0.29) is 12.2 Å². The van der Waals surface area contributed by atoms with Crippen molar-refractivity contribution in [3.63, 3.8) is 0 Å². The highest BCUT2D eigenvalue weighted by molar-refractivity contribution is 14.1. The lowest BCUT2D eigenvalue weighted by Gasteiger charge is -2.07. The molecule has 0 saturated heterocycles. The van der Waals surface area contributed by atoms with Crippen LogP contribution in [-0.2, 0) is 11.3 Å². The van der Waals surface area contributed by atoms with Gasteiger partial charge in [0.1, 0.15) is 9.26 Å². The molecular weight excluding hydrogens is 493 g/mol. The number of halogens is 3. The molecule has 2 rings (SSSR count). The van der Waals surface area contributed by atoms with E-state index in [0.29, 0.717) is 20.8 Å². The molecule has 0 unspecified atom stereocenters. The summed E-state index contributed by atoms with van der Waals surface area (Å²) in [5, 5.41) is 0. The molecule has 2 aromatic rings. The van der Waals surface area contributed by atoms with Crippen molar-refractivity contribution < 1.29 is 4.74 Å². The summed E-state index contributed by atoms with van der Waals surface area (Å²) in [5.41, 5.74) is 0.974. The highest BCUT2D eigenvalue weighted by Crippen LogP contribution is 2.26. The van der Waals surface area contributed by atoms with Crippen LogP contribution in [0.15, 0.2) is 26.0 Å². The van der Waals surface area contributed by atoms with Crippen LogP contribution in [0.25, 0.3) is 11.5 Å². The van der Waals surface area contributed by atoms with Gasteiger partial charge < -0.3 is 9.72 Å². The molecule has 1 N–H and O–H groups in total. The Morgan fingerprint density at radius 2 is 2.21 bits per heavy atom. The first-order valence-electron chi connectivity index (χ1n) is 5.12. The van der Waals surface area contributed by atoms with Gasteiger partial charge in [0, 0.05) is 22.3 Å². The summed E-state index contributed by atoms with van der Waals surface area (Å²) in [4.78, 5) is 23.2. The maximum absolute atomic E-state index is 11.9. The van der Waals surface area contributed by atoms with E-state index in [2.05, 4.69) is 46.8 Å². The lowest BCUT2D eigenvalue weighted by molar-refractivity contribution is 0.180. The summed E-state index contributed by atoms with van der Waals surface area (Å²) < 4.78 is 7.15. The van der Waals surface area contributed by atoms with Crippen molar-refractivity contribution in [1.29, 1.82) is 0 Å². The Labute approximate surface area is 139 Å². The standard InChI is InChI=1S/C11H8Br2IN3O2/c1-19-4-7-8(14)11(18)17-10(16-7)9-6(13)2-5(12)3-15-9/h2-3H,4H2,1H3,(H,16,17,18). The van der Waals surface area contributed by atoms with E-state index in [1.165, 1.54) is 0 Å². The fraction of sp³-hybridized carbons (Fsp3) is 0.182. The number of rotatable bonds is 3. The van der Waals surface area contributed by atoms with Gasteiger partial charge in [-0.25, -0.2) is 4.98 Å². The second kappa shape index (κ2) is 6.42. The molecule has 2 heterocycles. The van der Waals surface area contributed by atoms with Gasteiger partial charge in [0.2, 0.25) is 0 Å². The minimum atomic E-state index is -0.200. The zero-order chi connectivity index (χ0) is 14.0. The molecule has 8 heteroatoms. The van der Waals surface area contributed by atoms with E-state index in [0.717, 1.165) is 8.95 Å². The molecule has 100 valence electrons. The summed E-state index contributed by atoms with van der Waals surface area (Å²) in [5.74, 6) is 0.414. The largest absolute Gasteiger partial charge is 0.378 e. The van der Waals surface area contributed by atoms with Gasteiger partial charge in [-0.05, 0) is 60.5 Å². The zero-order valence-electron chi connectivity index (χ0n) is 9.71. The summed E-state index contributed by atoms with van der Waals surface area (Å²) in [6, 6.07) is 1.84. The van der Waals surface area contributed by atoms with Crippen molar-refractivity contribution >= 4 is 54.5 Å². The Morgan fingerprint density at radius 3 is 2.84 bits per heavy atom. The molecular formula is C11H8Br2IN3O2. The van der Waals surface area contributed by atoms with E-state index in [1.807, 2.05) is 28.7 Å². The number of H-pyrrole nitrogens is 1. The molecule has 0 atom stereocenters. The lowest BCUT2D eigenvalue weighted by atomic mass is 10.3. The predicted octanol–water partition coefficient (Wildman–Crippen LogP) is 3.11. The zero-order valence-corrected chi connectivity index (χ0v) is 15.0. The normalized spacial score (nSPS) is 10.7. The van der Waals surface area contributed by atoms with Gasteiger partial charge in [-0.2, -0.15) is 0 Å². The number of hydrogen-bond donors (Lipinski definition) is 1. The molecule has 0 bridgehead atoms. The minimum Gasteiger partial charge on any atom is -0.378 e. The summed E-state index contributed by atoms with van der Waals surface area (Å²) >= 11 is 8.68. The number of nitrogens with zero attached hydrogens (tertiary/aromatic N) is 2. The van der Waals surface area contributed by atoms with Crippen LogP contribution in [0, 0.1) is 3.57 Å². The number of nitrogens with one attached hydrogen (secondary N) is 1. The molecule has 0 aliphatic rings. The van der Waals surface area contributed by atoms with E-state index < -0.39 is 0 Å². The van der Waals surface area contributed by atoms with Gasteiger partial charge in [0.15, 0.2) is 5.82 Å². The van der Waals surface area contributed by atoms with Gasteiger partial charge in [-0.3, -0.25) is 9.78 Å². The van der Waals surface area contributed by atoms with Crippen molar-refractivity contribution in [3.05, 3.63) is 40.8 Å². The number of ether oxygens (including phenoxy) is 1. The fourth-order valence-electron chi connectivity index (χ4n) is 1.44. The van der Waals surface area contributed by atoms with Crippen molar-refractivity contribution in [2.24, 2.45) is 0 Å². The Morgan fingerprint density at radius 1 is 1.47 bits per heavy atom. The SMILES string of the molecule is COCc1nc(-c2ncc(Br)cc2Br)[nH]c(=O)c1I. The van der Waals surface area contributed by atoms with Crippen molar-refractivity contribution in [2.75, 3.05) is 7.11 Å². The quantitative estimate of drug-likeness (QED) is 0.658. The van der Waals surface area contributed by atoms with E-state index >= 15 is 0 Å². The molecule has 0 saturated carbocycles. The van der Waals surface area contributed by atoms with E-state index in [4.69, 9.17) is 4.74 Å². The van der Waals surface area contributed by atoms with Crippen LogP contribution in [0.2, 0.25) is 0 Å². The summed E-state index contributed by atoms with van der Waals surface area (Å²) in [7, 11) is 1.56. The smallest absolute Gasteiger partial charge is 0.265 e. The van der Waals surface area contributed by atoms with Crippen molar-refractivity contribution in [3.8, 4) is 11.5 Å². The third kappa shape index (κ3) is 3.41. The number of pyridine rings is 1. The van der Waals surface area contributed by atoms with Crippen molar-refractivity contribution in [2.45, 2.75) is 6.61 Å². The minimum absolute atomic E-state index is 0.200. The fourth-order valence-corrected chi connectivity index (χ4v) is 3.03. The Balaban J connectivity index is 2.59. The Bertz CT molecular complexity index is 675. The summed E-state index contributed by atoms with van der Waals surface area (Å²) in [6.45, 7) is 0.281.